The lowest BCUT2D eigenvalue weighted by Crippen LogP contribution is -1.97. The zero-order valence-electron chi connectivity index (χ0n) is 10.5. The van der Waals surface area contributed by atoms with Crippen LogP contribution in [0.25, 0.3) is 5.57 Å². The molecule has 0 heterocycles. The molecule has 5 heteroatoms. The van der Waals surface area contributed by atoms with Crippen LogP contribution in [-0.4, -0.2) is 25.3 Å². The number of halogens is 1. The smallest absolute Gasteiger partial charge is 0.328 e. The van der Waals surface area contributed by atoms with Crippen LogP contribution < -0.4 is 9.47 Å². The van der Waals surface area contributed by atoms with Crippen LogP contribution in [0, 0.1) is 0 Å². The lowest BCUT2D eigenvalue weighted by molar-refractivity contribution is -0.131. The van der Waals surface area contributed by atoms with E-state index in [1.807, 2.05) is 6.92 Å². The summed E-state index contributed by atoms with van der Waals surface area (Å²) in [5.41, 5.74) is 1.32. The molecule has 0 spiro atoms. The summed E-state index contributed by atoms with van der Waals surface area (Å²) in [6.07, 6.45) is 1.72. The quantitative estimate of drug-likeness (QED) is 0.835. The van der Waals surface area contributed by atoms with E-state index in [2.05, 4.69) is 0 Å². The Hall–Kier alpha value is -1.68. The zero-order valence-corrected chi connectivity index (χ0v) is 11.2. The van der Waals surface area contributed by atoms with Gasteiger partial charge in [0.05, 0.1) is 19.2 Å². The summed E-state index contributed by atoms with van der Waals surface area (Å²) >= 11 is 5.99. The highest BCUT2D eigenvalue weighted by molar-refractivity contribution is 6.32. The first kappa shape index (κ1) is 14.4. The molecule has 18 heavy (non-hydrogen) atoms. The van der Waals surface area contributed by atoms with Crippen LogP contribution in [0.5, 0.6) is 11.5 Å². The minimum atomic E-state index is -0.997. The third-order valence-electron chi connectivity index (χ3n) is 2.50. The molecule has 1 aromatic rings. The van der Waals surface area contributed by atoms with E-state index in [0.29, 0.717) is 34.1 Å². The molecule has 0 aliphatic carbocycles. The van der Waals surface area contributed by atoms with Crippen molar-refractivity contribution in [1.29, 1.82) is 0 Å². The predicted molar refractivity (Wildman–Crippen MR) is 70.5 cm³/mol. The second-order valence-electron chi connectivity index (χ2n) is 3.55. The van der Waals surface area contributed by atoms with Crippen molar-refractivity contribution in [3.05, 3.63) is 28.8 Å². The van der Waals surface area contributed by atoms with E-state index in [9.17, 15) is 4.79 Å². The van der Waals surface area contributed by atoms with Crippen molar-refractivity contribution in [3.8, 4) is 11.5 Å². The van der Waals surface area contributed by atoms with E-state index in [0.717, 1.165) is 6.08 Å². The van der Waals surface area contributed by atoms with E-state index in [-0.39, 0.29) is 0 Å². The van der Waals surface area contributed by atoms with Gasteiger partial charge in [-0.15, -0.1) is 0 Å². The Labute approximate surface area is 111 Å². The van der Waals surface area contributed by atoms with Crippen LogP contribution in [0.4, 0.5) is 0 Å². The van der Waals surface area contributed by atoms with Crippen LogP contribution in [0.15, 0.2) is 18.2 Å². The van der Waals surface area contributed by atoms with Crippen molar-refractivity contribution in [3.63, 3.8) is 0 Å². The number of ether oxygens (including phenoxy) is 2. The molecule has 0 aromatic heterocycles. The first-order valence-electron chi connectivity index (χ1n) is 5.38. The molecule has 4 nitrogen and oxygen atoms in total. The van der Waals surface area contributed by atoms with Crippen molar-refractivity contribution in [2.24, 2.45) is 0 Å². The van der Waals surface area contributed by atoms with E-state index < -0.39 is 5.97 Å². The molecule has 0 aliphatic rings. The van der Waals surface area contributed by atoms with Crippen molar-refractivity contribution in [2.45, 2.75) is 13.3 Å². The maximum absolute atomic E-state index is 10.8. The molecule has 0 atom stereocenters. The van der Waals surface area contributed by atoms with E-state index in [1.54, 1.807) is 12.1 Å². The van der Waals surface area contributed by atoms with Crippen molar-refractivity contribution in [2.75, 3.05) is 14.2 Å². The fraction of sp³-hybridized carbons (Fsp3) is 0.308. The van der Waals surface area contributed by atoms with Gasteiger partial charge in [-0.1, -0.05) is 18.5 Å². The molecule has 0 saturated carbocycles. The van der Waals surface area contributed by atoms with Crippen LogP contribution in [0.1, 0.15) is 18.9 Å². The zero-order chi connectivity index (χ0) is 13.7. The molecule has 0 saturated heterocycles. The second-order valence-corrected chi connectivity index (χ2v) is 3.96. The average Bonchev–Trinajstić information content (AvgIpc) is 2.35. The third-order valence-corrected chi connectivity index (χ3v) is 2.79. The summed E-state index contributed by atoms with van der Waals surface area (Å²) in [7, 11) is 3.01. The van der Waals surface area contributed by atoms with E-state index in [4.69, 9.17) is 26.2 Å². The molecule has 0 fully saturated rings. The van der Waals surface area contributed by atoms with E-state index >= 15 is 0 Å². The Balaban J connectivity index is 3.40. The monoisotopic (exact) mass is 270 g/mol. The Kier molecular flexibility index (Phi) is 5.04. The summed E-state index contributed by atoms with van der Waals surface area (Å²) in [5, 5.41) is 9.27. The fourth-order valence-electron chi connectivity index (χ4n) is 1.63. The second kappa shape index (κ2) is 6.31. The van der Waals surface area contributed by atoms with Gasteiger partial charge in [0, 0.05) is 17.7 Å². The summed E-state index contributed by atoms with van der Waals surface area (Å²) in [6, 6.07) is 3.29. The Morgan fingerprint density at radius 2 is 1.94 bits per heavy atom. The molecule has 1 rings (SSSR count). The molecule has 0 aliphatic heterocycles. The Morgan fingerprint density at radius 3 is 2.39 bits per heavy atom. The predicted octanol–water partition coefficient (Wildman–Crippen LogP) is 3.24. The number of allylic oxidation sites excluding steroid dienone is 1. The fourth-order valence-corrected chi connectivity index (χ4v) is 1.86. The first-order valence-corrected chi connectivity index (χ1v) is 5.76. The highest BCUT2D eigenvalue weighted by Gasteiger charge is 2.13. The highest BCUT2D eigenvalue weighted by atomic mass is 35.5. The number of carboxylic acid groups (broad SMARTS) is 1. The largest absolute Gasteiger partial charge is 0.496 e. The SMILES string of the molecule is CC/C(=C\C(=O)O)c1cc(OC)c(Cl)cc1OC. The Morgan fingerprint density at radius 1 is 1.33 bits per heavy atom. The molecular formula is C13H15ClO4. The molecule has 0 bridgehead atoms. The topological polar surface area (TPSA) is 55.8 Å². The minimum absolute atomic E-state index is 0.420. The molecule has 1 aromatic carbocycles. The van der Waals surface area contributed by atoms with Gasteiger partial charge in [0.1, 0.15) is 11.5 Å². The number of carboxylic acids is 1. The van der Waals surface area contributed by atoms with Gasteiger partial charge in [-0.25, -0.2) is 4.79 Å². The van der Waals surface area contributed by atoms with Gasteiger partial charge < -0.3 is 14.6 Å². The van der Waals surface area contributed by atoms with Gasteiger partial charge in [0.2, 0.25) is 0 Å². The van der Waals surface area contributed by atoms with Gasteiger partial charge in [0.15, 0.2) is 0 Å². The normalized spacial score (nSPS) is 11.2. The van der Waals surface area contributed by atoms with Crippen molar-refractivity contribution >= 4 is 23.1 Å². The maximum atomic E-state index is 10.8. The van der Waals surface area contributed by atoms with Gasteiger partial charge in [-0.3, -0.25) is 0 Å². The van der Waals surface area contributed by atoms with Gasteiger partial charge in [0.25, 0.3) is 0 Å². The van der Waals surface area contributed by atoms with Crippen LogP contribution >= 0.6 is 11.6 Å². The lowest BCUT2D eigenvalue weighted by atomic mass is 10.0. The number of benzene rings is 1. The molecule has 0 unspecified atom stereocenters. The molecule has 98 valence electrons. The number of rotatable bonds is 5. The highest BCUT2D eigenvalue weighted by Crippen LogP contribution is 2.36. The molecular weight excluding hydrogens is 256 g/mol. The summed E-state index contributed by atoms with van der Waals surface area (Å²) < 4.78 is 10.3. The maximum Gasteiger partial charge on any atom is 0.328 e. The summed E-state index contributed by atoms with van der Waals surface area (Å²) in [6.45, 7) is 1.87. The van der Waals surface area contributed by atoms with Crippen LogP contribution in [0.2, 0.25) is 5.02 Å². The number of methoxy groups -OCH3 is 2. The van der Waals surface area contributed by atoms with Gasteiger partial charge >= 0.3 is 5.97 Å². The molecule has 0 amide bonds. The van der Waals surface area contributed by atoms with Gasteiger partial charge in [-0.05, 0) is 18.1 Å². The van der Waals surface area contributed by atoms with Crippen molar-refractivity contribution < 1.29 is 19.4 Å². The van der Waals surface area contributed by atoms with Crippen LogP contribution in [-0.2, 0) is 4.79 Å². The number of hydrogen-bond acceptors (Lipinski definition) is 3. The molecule has 0 radical (unpaired) electrons. The minimum Gasteiger partial charge on any atom is -0.496 e. The summed E-state index contributed by atoms with van der Waals surface area (Å²) in [5.74, 6) is 0.00942. The lowest BCUT2D eigenvalue weighted by Gasteiger charge is -2.13. The third kappa shape index (κ3) is 3.17. The first-order chi connectivity index (χ1) is 8.53. The Bertz CT molecular complexity index is 480. The number of carbonyl (C=O) groups is 1. The standard InChI is InChI=1S/C13H15ClO4/c1-4-8(5-13(15)16)9-6-12(18-3)10(14)7-11(9)17-2/h5-7H,4H2,1-3H3,(H,15,16)/b8-5+. The van der Waals surface area contributed by atoms with Crippen LogP contribution in [0.3, 0.4) is 0 Å². The molecule has 1 N–H and O–H groups in total. The number of aliphatic carboxylic acids is 1. The average molecular weight is 271 g/mol. The number of hydrogen-bond donors (Lipinski definition) is 1. The van der Waals surface area contributed by atoms with E-state index in [1.165, 1.54) is 14.2 Å². The summed E-state index contributed by atoms with van der Waals surface area (Å²) in [4.78, 5) is 10.8. The van der Waals surface area contributed by atoms with Gasteiger partial charge in [-0.2, -0.15) is 0 Å². The van der Waals surface area contributed by atoms with Crippen molar-refractivity contribution in [1.82, 2.24) is 0 Å².